The maximum atomic E-state index is 13.5. The summed E-state index contributed by atoms with van der Waals surface area (Å²) in [5.74, 6) is -0.206. The predicted octanol–water partition coefficient (Wildman–Crippen LogP) is 3.90. The average molecular weight is 690 g/mol. The number of aromatic nitrogens is 1. The zero-order valence-electron chi connectivity index (χ0n) is 25.4. The highest BCUT2D eigenvalue weighted by Gasteiger charge is 2.21. The number of anilines is 2. The molecule has 0 aliphatic carbocycles. The number of ether oxygens (including phenoxy) is 2. The predicted molar refractivity (Wildman–Crippen MR) is 171 cm³/mol. The molecule has 0 atom stereocenters. The van der Waals surface area contributed by atoms with E-state index >= 15 is 0 Å². The number of hydrogen-bond donors (Lipinski definition) is 2. The first-order valence-corrected chi connectivity index (χ1v) is 15.7. The van der Waals surface area contributed by atoms with Crippen LogP contribution in [-0.4, -0.2) is 44.4 Å². The third kappa shape index (κ3) is 12.9. The maximum Gasteiger partial charge on any atom is 0.411 e. The summed E-state index contributed by atoms with van der Waals surface area (Å²) in [6.07, 6.45) is 9.29. The minimum atomic E-state index is -0.665. The molecule has 9 nitrogen and oxygen atoms in total. The van der Waals surface area contributed by atoms with Gasteiger partial charge in [0, 0.05) is 17.8 Å². The molecule has 44 heavy (non-hydrogen) atoms. The molecule has 0 fully saturated rings. The number of para-hydroxylation sites is 1. The van der Waals surface area contributed by atoms with Crippen LogP contribution in [-0.2, 0) is 22.4 Å². The topological polar surface area (TPSA) is 101 Å². The quantitative estimate of drug-likeness (QED) is 0.176. The average Bonchev–Trinajstić information content (AvgIpc) is 3.00. The molecule has 238 valence electrons. The van der Waals surface area contributed by atoms with E-state index in [2.05, 4.69) is 40.4 Å². The van der Waals surface area contributed by atoms with Crippen LogP contribution in [0.2, 0.25) is 0 Å². The molecular weight excluding hydrogens is 648 g/mol. The van der Waals surface area contributed by atoms with Crippen molar-refractivity contribution in [3.63, 3.8) is 0 Å². The number of carbonyl (C=O) groups excluding carboxylic acids is 3. The Hall–Kier alpha value is -3.63. The maximum absolute atomic E-state index is 13.5. The first kappa shape index (κ1) is 36.6. The monoisotopic (exact) mass is 688 g/mol. The van der Waals surface area contributed by atoms with E-state index in [0.29, 0.717) is 16.9 Å². The van der Waals surface area contributed by atoms with Crippen LogP contribution in [0.15, 0.2) is 77.5 Å². The van der Waals surface area contributed by atoms with Gasteiger partial charge in [-0.25, -0.2) is 14.2 Å². The van der Waals surface area contributed by atoms with E-state index in [1.807, 2.05) is 71.6 Å². The van der Waals surface area contributed by atoms with E-state index in [1.54, 1.807) is 11.0 Å². The van der Waals surface area contributed by atoms with Crippen LogP contribution in [0.5, 0.6) is 0 Å². The molecule has 0 saturated carbocycles. The van der Waals surface area contributed by atoms with E-state index in [9.17, 15) is 14.4 Å². The van der Waals surface area contributed by atoms with E-state index in [0.717, 1.165) is 30.3 Å². The van der Waals surface area contributed by atoms with Gasteiger partial charge in [0.1, 0.15) is 25.3 Å². The number of rotatable bonds is 16. The SMILES string of the molecule is CCCCCCc1ccc(NC(=O)OCCNC(=O)OCCN(C(=O)c2cc(Br)c[n+](CCC)c2)c2ccccc2)cc1.[Cl-]. The summed E-state index contributed by atoms with van der Waals surface area (Å²) in [7, 11) is 0. The van der Waals surface area contributed by atoms with Crippen molar-refractivity contribution in [2.24, 2.45) is 0 Å². The van der Waals surface area contributed by atoms with Gasteiger partial charge >= 0.3 is 12.2 Å². The smallest absolute Gasteiger partial charge is 0.411 e. The lowest BCUT2D eigenvalue weighted by Gasteiger charge is -2.22. The van der Waals surface area contributed by atoms with Crippen LogP contribution in [0.3, 0.4) is 0 Å². The summed E-state index contributed by atoms with van der Waals surface area (Å²) >= 11 is 3.49. The first-order valence-electron chi connectivity index (χ1n) is 14.9. The Morgan fingerprint density at radius 1 is 0.864 bits per heavy atom. The fraction of sp³-hybridized carbons (Fsp3) is 0.394. The molecule has 11 heteroatoms. The fourth-order valence-electron chi connectivity index (χ4n) is 4.46. The summed E-state index contributed by atoms with van der Waals surface area (Å²) in [5.41, 5.74) is 3.10. The summed E-state index contributed by atoms with van der Waals surface area (Å²) in [6, 6.07) is 18.7. The Balaban J connectivity index is 0.00000675. The highest BCUT2D eigenvalue weighted by Crippen LogP contribution is 2.18. The second kappa shape index (κ2) is 20.3. The van der Waals surface area contributed by atoms with Crippen molar-refractivity contribution in [2.75, 3.05) is 36.5 Å². The number of hydrogen-bond acceptors (Lipinski definition) is 5. The van der Waals surface area contributed by atoms with Crippen LogP contribution < -0.4 is 32.5 Å². The van der Waals surface area contributed by atoms with Crippen LogP contribution in [0.25, 0.3) is 0 Å². The van der Waals surface area contributed by atoms with Gasteiger partial charge in [-0.1, -0.05) is 63.4 Å². The molecule has 0 radical (unpaired) electrons. The fourth-order valence-corrected chi connectivity index (χ4v) is 4.97. The van der Waals surface area contributed by atoms with Crippen molar-refractivity contribution in [3.05, 3.63) is 88.7 Å². The molecule has 0 unspecified atom stereocenters. The van der Waals surface area contributed by atoms with Crippen molar-refractivity contribution < 1.29 is 40.8 Å². The molecule has 1 aromatic heterocycles. The molecule has 0 aliphatic heterocycles. The van der Waals surface area contributed by atoms with Gasteiger partial charge < -0.3 is 32.1 Å². The van der Waals surface area contributed by atoms with Crippen molar-refractivity contribution in [1.82, 2.24) is 5.32 Å². The number of carbonyl (C=O) groups is 3. The van der Waals surface area contributed by atoms with Crippen molar-refractivity contribution >= 4 is 45.4 Å². The van der Waals surface area contributed by atoms with Gasteiger partial charge in [-0.05, 0) is 64.7 Å². The van der Waals surface area contributed by atoms with Gasteiger partial charge in [-0.2, -0.15) is 0 Å². The zero-order valence-corrected chi connectivity index (χ0v) is 27.7. The first-order chi connectivity index (χ1) is 20.9. The third-order valence-electron chi connectivity index (χ3n) is 6.60. The number of aryl methyl sites for hydroxylation is 2. The number of nitrogens with zero attached hydrogens (tertiary/aromatic N) is 2. The number of benzene rings is 2. The molecule has 0 spiro atoms. The van der Waals surface area contributed by atoms with E-state index in [-0.39, 0.29) is 44.6 Å². The van der Waals surface area contributed by atoms with Gasteiger partial charge in [0.15, 0.2) is 12.4 Å². The molecule has 0 saturated heterocycles. The number of nitrogens with one attached hydrogen (secondary N) is 2. The standard InChI is InChI=1S/C33H41BrN4O5.ClH/c1-3-5-6-8-11-26-14-16-29(17-15-26)36-33(41)42-21-18-35-32(40)43-22-20-38(30-12-9-7-10-13-30)31(39)27-23-28(34)25-37(24-27)19-4-2;/h7,9-10,12-17,23-25H,3-6,8,11,18-22H2,1-2H3,(H-,35,36,40,41);1H. The van der Waals surface area contributed by atoms with Crippen molar-refractivity contribution in [2.45, 2.75) is 58.9 Å². The van der Waals surface area contributed by atoms with Gasteiger partial charge in [-0.3, -0.25) is 10.1 Å². The molecule has 3 aromatic rings. The summed E-state index contributed by atoms with van der Waals surface area (Å²) in [4.78, 5) is 39.4. The van der Waals surface area contributed by atoms with Crippen LogP contribution in [0.4, 0.5) is 21.0 Å². The molecule has 3 amide bonds. The number of halogens is 2. The second-order valence-corrected chi connectivity index (χ2v) is 11.0. The molecule has 3 rings (SSSR count). The number of unbranched alkanes of at least 4 members (excludes halogenated alkanes) is 3. The van der Waals surface area contributed by atoms with E-state index in [1.165, 1.54) is 24.8 Å². The summed E-state index contributed by atoms with van der Waals surface area (Å²) in [5, 5.41) is 5.25. The van der Waals surface area contributed by atoms with Crippen LogP contribution >= 0.6 is 15.9 Å². The Kier molecular flexibility index (Phi) is 16.9. The Morgan fingerprint density at radius 3 is 2.30 bits per heavy atom. The zero-order chi connectivity index (χ0) is 30.9. The molecule has 2 N–H and O–H groups in total. The lowest BCUT2D eigenvalue weighted by molar-refractivity contribution is -0.697. The number of alkyl carbamates (subject to hydrolysis) is 1. The van der Waals surface area contributed by atoms with Gasteiger partial charge in [0.2, 0.25) is 0 Å². The Morgan fingerprint density at radius 2 is 1.59 bits per heavy atom. The van der Waals surface area contributed by atoms with Crippen molar-refractivity contribution in [1.29, 1.82) is 0 Å². The molecule has 1 heterocycles. The highest BCUT2D eigenvalue weighted by atomic mass is 79.9. The molecular formula is C33H42BrClN4O5. The Labute approximate surface area is 274 Å². The van der Waals surface area contributed by atoms with Gasteiger partial charge in [0.05, 0.1) is 17.6 Å². The number of amides is 3. The minimum absolute atomic E-state index is 0. The van der Waals surface area contributed by atoms with E-state index < -0.39 is 12.2 Å². The van der Waals surface area contributed by atoms with Gasteiger partial charge in [0.25, 0.3) is 5.91 Å². The van der Waals surface area contributed by atoms with Crippen molar-refractivity contribution in [3.8, 4) is 0 Å². The Bertz CT molecular complexity index is 1310. The summed E-state index contributed by atoms with van der Waals surface area (Å²) < 4.78 is 13.2. The largest absolute Gasteiger partial charge is 1.00 e. The lowest BCUT2D eigenvalue weighted by Crippen LogP contribution is -3.00. The number of pyridine rings is 1. The molecule has 0 aliphatic rings. The van der Waals surface area contributed by atoms with Crippen LogP contribution in [0.1, 0.15) is 61.9 Å². The van der Waals surface area contributed by atoms with Gasteiger partial charge in [-0.15, -0.1) is 0 Å². The normalized spacial score (nSPS) is 10.3. The highest BCUT2D eigenvalue weighted by molar-refractivity contribution is 9.10. The summed E-state index contributed by atoms with van der Waals surface area (Å²) in [6.45, 7) is 5.25. The molecule has 0 bridgehead atoms. The van der Waals surface area contributed by atoms with E-state index in [4.69, 9.17) is 9.47 Å². The second-order valence-electron chi connectivity index (χ2n) is 10.1. The molecule has 2 aromatic carbocycles. The minimum Gasteiger partial charge on any atom is -1.00 e. The lowest BCUT2D eigenvalue weighted by atomic mass is 10.1. The third-order valence-corrected chi connectivity index (χ3v) is 7.03. The van der Waals surface area contributed by atoms with Crippen LogP contribution in [0, 0.1) is 0 Å².